The summed E-state index contributed by atoms with van der Waals surface area (Å²) in [6, 6.07) is 4.21. The lowest BCUT2D eigenvalue weighted by molar-refractivity contribution is 0.0482. The van der Waals surface area contributed by atoms with E-state index < -0.39 is 0 Å². The third-order valence-corrected chi connectivity index (χ3v) is 7.72. The first-order valence-corrected chi connectivity index (χ1v) is 13.1. The van der Waals surface area contributed by atoms with Gasteiger partial charge in [-0.1, -0.05) is 0 Å². The number of carbonyl (C=O) groups excluding carboxylic acids is 1. The zero-order valence-corrected chi connectivity index (χ0v) is 21.6. The Bertz CT molecular complexity index is 1290. The summed E-state index contributed by atoms with van der Waals surface area (Å²) in [7, 11) is 1.74. The molecule has 4 heterocycles. The second-order valence-corrected chi connectivity index (χ2v) is 10.2. The van der Waals surface area contributed by atoms with Crippen LogP contribution in [0, 0.1) is 6.92 Å². The number of amides is 1. The van der Waals surface area contributed by atoms with E-state index in [-0.39, 0.29) is 23.6 Å². The number of hydrogen-bond acceptors (Lipinski definition) is 6. The average Bonchev–Trinajstić information content (AvgIpc) is 3.33. The van der Waals surface area contributed by atoms with Crippen LogP contribution >= 0.6 is 0 Å². The largest absolute Gasteiger partial charge is 0.385 e. The molecule has 0 radical (unpaired) electrons. The Balaban J connectivity index is 1.44. The summed E-state index contributed by atoms with van der Waals surface area (Å²) in [6.45, 7) is 9.74. The molecular formula is C27H37N5O4. The van der Waals surface area contributed by atoms with E-state index in [1.807, 2.05) is 28.6 Å². The Labute approximate surface area is 211 Å². The highest BCUT2D eigenvalue weighted by molar-refractivity contribution is 6.07. The van der Waals surface area contributed by atoms with Gasteiger partial charge in [0.25, 0.3) is 11.5 Å². The van der Waals surface area contributed by atoms with Gasteiger partial charge in [-0.2, -0.15) is 5.10 Å². The lowest BCUT2D eigenvalue weighted by Crippen LogP contribution is -2.54. The molecule has 0 saturated carbocycles. The van der Waals surface area contributed by atoms with Gasteiger partial charge in [-0.25, -0.2) is 0 Å². The number of nitrogens with one attached hydrogen (secondary N) is 1. The van der Waals surface area contributed by atoms with Crippen LogP contribution in [0.5, 0.6) is 0 Å². The number of H-pyrrole nitrogens is 1. The number of benzene rings is 1. The second-order valence-electron chi connectivity index (χ2n) is 10.2. The SMILES string of the molecule is COCCCCN1CCN(C(=O)c2cc3c(cc2C)[nH]c(=O)c2cnn(C4CCOCC4)c23)[C@@H](C)C1. The normalized spacial score (nSPS) is 20.0. The van der Waals surface area contributed by atoms with Crippen molar-refractivity contribution < 1.29 is 14.3 Å². The zero-order chi connectivity index (χ0) is 25.2. The molecule has 1 aromatic carbocycles. The standard InChI is InChI=1S/C27H37N5O4/c1-18-14-24-22(25-23(26(33)29-24)16-28-32(25)20-6-12-36-13-7-20)15-21(18)27(34)31-10-9-30(17-19(31)2)8-4-5-11-35-3/h14-16,19-20H,4-13,17H2,1-3H3,(H,29,33)/t19-/m0/s1. The van der Waals surface area contributed by atoms with Crippen molar-refractivity contribution in [1.29, 1.82) is 0 Å². The maximum atomic E-state index is 13.8. The third kappa shape index (κ3) is 4.79. The summed E-state index contributed by atoms with van der Waals surface area (Å²) in [5.74, 6) is 0.0532. The minimum atomic E-state index is -0.149. The highest BCUT2D eigenvalue weighted by Gasteiger charge is 2.29. The Morgan fingerprint density at radius 1 is 1.19 bits per heavy atom. The molecule has 2 aromatic heterocycles. The van der Waals surface area contributed by atoms with E-state index in [1.165, 1.54) is 0 Å². The molecule has 2 aliphatic heterocycles. The van der Waals surface area contributed by atoms with Gasteiger partial charge in [-0.05, 0) is 63.8 Å². The molecule has 2 fully saturated rings. The van der Waals surface area contributed by atoms with Crippen molar-refractivity contribution in [3.63, 3.8) is 0 Å². The smallest absolute Gasteiger partial charge is 0.259 e. The number of unbranched alkanes of at least 4 members (excludes halogenated alkanes) is 1. The molecule has 36 heavy (non-hydrogen) atoms. The van der Waals surface area contributed by atoms with Crippen molar-refractivity contribution in [2.24, 2.45) is 0 Å². The summed E-state index contributed by atoms with van der Waals surface area (Å²) in [4.78, 5) is 34.1. The van der Waals surface area contributed by atoms with E-state index in [2.05, 4.69) is 21.9 Å². The number of rotatable bonds is 7. The van der Waals surface area contributed by atoms with Gasteiger partial charge in [0.15, 0.2) is 0 Å². The van der Waals surface area contributed by atoms with Crippen LogP contribution in [0.1, 0.15) is 54.6 Å². The van der Waals surface area contributed by atoms with Gasteiger partial charge in [0.2, 0.25) is 0 Å². The Morgan fingerprint density at radius 2 is 2.00 bits per heavy atom. The van der Waals surface area contributed by atoms with Crippen molar-refractivity contribution in [2.75, 3.05) is 53.1 Å². The number of aromatic nitrogens is 3. The number of carbonyl (C=O) groups is 1. The molecule has 1 amide bonds. The summed E-state index contributed by atoms with van der Waals surface area (Å²) in [5, 5.41) is 6.03. The first-order valence-electron chi connectivity index (χ1n) is 13.1. The lowest BCUT2D eigenvalue weighted by Gasteiger charge is -2.40. The number of ether oxygens (including phenoxy) is 2. The molecule has 3 aromatic rings. The number of methoxy groups -OCH3 is 1. The Kier molecular flexibility index (Phi) is 7.41. The minimum Gasteiger partial charge on any atom is -0.385 e. The number of aromatic amines is 1. The molecule has 5 rings (SSSR count). The van der Waals surface area contributed by atoms with Crippen molar-refractivity contribution in [1.82, 2.24) is 24.6 Å². The summed E-state index contributed by atoms with van der Waals surface area (Å²) >= 11 is 0. The fraction of sp³-hybridized carbons (Fsp3) is 0.593. The van der Waals surface area contributed by atoms with E-state index in [9.17, 15) is 9.59 Å². The molecule has 0 aliphatic carbocycles. The quantitative estimate of drug-likeness (QED) is 0.507. The van der Waals surface area contributed by atoms with Gasteiger partial charge in [0.1, 0.15) is 0 Å². The second kappa shape index (κ2) is 10.7. The number of hydrogen-bond donors (Lipinski definition) is 1. The van der Waals surface area contributed by atoms with Crippen LogP contribution in [-0.4, -0.2) is 89.6 Å². The van der Waals surface area contributed by atoms with Crippen LogP contribution in [0.2, 0.25) is 0 Å². The molecule has 194 valence electrons. The molecule has 1 atom stereocenters. The monoisotopic (exact) mass is 495 g/mol. The predicted molar refractivity (Wildman–Crippen MR) is 140 cm³/mol. The number of piperazine rings is 1. The summed E-state index contributed by atoms with van der Waals surface area (Å²) < 4.78 is 12.7. The van der Waals surface area contributed by atoms with Gasteiger partial charge < -0.3 is 19.4 Å². The Hall–Kier alpha value is -2.75. The van der Waals surface area contributed by atoms with E-state index in [1.54, 1.807) is 13.3 Å². The van der Waals surface area contributed by atoms with E-state index in [0.717, 1.165) is 73.9 Å². The van der Waals surface area contributed by atoms with Crippen LogP contribution in [0.15, 0.2) is 23.1 Å². The number of aryl methyl sites for hydroxylation is 1. The van der Waals surface area contributed by atoms with Crippen molar-refractivity contribution in [2.45, 2.75) is 51.6 Å². The molecule has 9 heteroatoms. The topological polar surface area (TPSA) is 92.7 Å². The van der Waals surface area contributed by atoms with Crippen molar-refractivity contribution in [3.8, 4) is 0 Å². The number of fused-ring (bicyclic) bond motifs is 3. The minimum absolute atomic E-state index is 0.0532. The predicted octanol–water partition coefficient (Wildman–Crippen LogP) is 3.11. The first-order chi connectivity index (χ1) is 17.5. The fourth-order valence-corrected chi connectivity index (χ4v) is 5.71. The highest BCUT2D eigenvalue weighted by Crippen LogP contribution is 2.30. The van der Waals surface area contributed by atoms with Crippen LogP contribution in [0.3, 0.4) is 0 Å². The molecule has 9 nitrogen and oxygen atoms in total. The maximum absolute atomic E-state index is 13.8. The number of pyridine rings is 1. The van der Waals surface area contributed by atoms with Crippen LogP contribution < -0.4 is 5.56 Å². The Morgan fingerprint density at radius 3 is 2.75 bits per heavy atom. The summed E-state index contributed by atoms with van der Waals surface area (Å²) in [5.41, 5.74) is 2.96. The molecule has 2 aliphatic rings. The average molecular weight is 496 g/mol. The summed E-state index contributed by atoms with van der Waals surface area (Å²) in [6.07, 6.45) is 5.53. The fourth-order valence-electron chi connectivity index (χ4n) is 5.71. The molecular weight excluding hydrogens is 458 g/mol. The van der Waals surface area contributed by atoms with Crippen molar-refractivity contribution >= 4 is 27.7 Å². The lowest BCUT2D eigenvalue weighted by atomic mass is 10.0. The molecule has 1 N–H and O–H groups in total. The maximum Gasteiger partial charge on any atom is 0.259 e. The molecule has 0 bridgehead atoms. The van der Waals surface area contributed by atoms with Gasteiger partial charge in [0, 0.05) is 63.6 Å². The molecule has 2 saturated heterocycles. The van der Waals surface area contributed by atoms with Gasteiger partial charge in [-0.3, -0.25) is 19.2 Å². The van der Waals surface area contributed by atoms with Gasteiger partial charge in [-0.15, -0.1) is 0 Å². The van der Waals surface area contributed by atoms with Gasteiger partial charge >= 0.3 is 0 Å². The zero-order valence-electron chi connectivity index (χ0n) is 21.6. The van der Waals surface area contributed by atoms with Gasteiger partial charge in [0.05, 0.1) is 28.7 Å². The van der Waals surface area contributed by atoms with Crippen molar-refractivity contribution in [3.05, 3.63) is 39.8 Å². The molecule has 0 unspecified atom stereocenters. The highest BCUT2D eigenvalue weighted by atomic mass is 16.5. The molecule has 0 spiro atoms. The van der Waals surface area contributed by atoms with Crippen LogP contribution in [0.4, 0.5) is 0 Å². The third-order valence-electron chi connectivity index (χ3n) is 7.72. The van der Waals surface area contributed by atoms with Crippen LogP contribution in [-0.2, 0) is 9.47 Å². The van der Waals surface area contributed by atoms with E-state index >= 15 is 0 Å². The number of nitrogens with zero attached hydrogens (tertiary/aromatic N) is 4. The first kappa shape index (κ1) is 24.9. The van der Waals surface area contributed by atoms with Crippen LogP contribution in [0.25, 0.3) is 21.8 Å². The van der Waals surface area contributed by atoms with E-state index in [0.29, 0.717) is 30.7 Å². The van der Waals surface area contributed by atoms with E-state index in [4.69, 9.17) is 9.47 Å².